The normalized spacial score (nSPS) is 10.1. The summed E-state index contributed by atoms with van der Waals surface area (Å²) in [5.41, 5.74) is 1.71. The summed E-state index contributed by atoms with van der Waals surface area (Å²) in [6.45, 7) is 8.14. The van der Waals surface area contributed by atoms with Gasteiger partial charge in [-0.1, -0.05) is 38.0 Å². The van der Waals surface area contributed by atoms with Gasteiger partial charge in [-0.3, -0.25) is 4.79 Å². The maximum atomic E-state index is 11.6. The van der Waals surface area contributed by atoms with E-state index in [0.717, 1.165) is 37.0 Å². The highest BCUT2D eigenvalue weighted by Gasteiger charge is 2.12. The first kappa shape index (κ1) is 14.5. The van der Waals surface area contributed by atoms with Gasteiger partial charge in [0.2, 0.25) is 0 Å². The van der Waals surface area contributed by atoms with Crippen molar-refractivity contribution in [3.05, 3.63) is 42.0 Å². The molecule has 0 bridgehead atoms. The molecule has 1 aromatic carbocycles. The Kier molecular flexibility index (Phi) is 6.20. The first-order valence-electron chi connectivity index (χ1n) is 6.57. The minimum Gasteiger partial charge on any atom is -0.493 e. The van der Waals surface area contributed by atoms with Gasteiger partial charge in [0.15, 0.2) is 5.78 Å². The molecular weight excluding hydrogens is 224 g/mol. The summed E-state index contributed by atoms with van der Waals surface area (Å²) >= 11 is 0. The van der Waals surface area contributed by atoms with E-state index in [1.807, 2.05) is 24.3 Å². The third kappa shape index (κ3) is 4.02. The molecule has 0 saturated carbocycles. The van der Waals surface area contributed by atoms with Crippen molar-refractivity contribution in [2.45, 2.75) is 39.5 Å². The highest BCUT2D eigenvalue weighted by molar-refractivity contribution is 5.97. The number of allylic oxidation sites excluding steroid dienone is 1. The lowest BCUT2D eigenvalue weighted by Crippen LogP contribution is -2.05. The molecule has 0 aliphatic carbocycles. The molecule has 0 spiro atoms. The van der Waals surface area contributed by atoms with Crippen LogP contribution in [0, 0.1) is 0 Å². The van der Waals surface area contributed by atoms with Crippen LogP contribution in [0.25, 0.3) is 0 Å². The van der Waals surface area contributed by atoms with E-state index in [1.165, 1.54) is 0 Å². The Morgan fingerprint density at radius 2 is 2.17 bits per heavy atom. The molecule has 1 aromatic rings. The molecule has 0 radical (unpaired) electrons. The summed E-state index contributed by atoms with van der Waals surface area (Å²) in [7, 11) is 0. The van der Waals surface area contributed by atoms with Crippen molar-refractivity contribution in [2.24, 2.45) is 0 Å². The molecule has 0 amide bonds. The number of para-hydroxylation sites is 1. The standard InChI is InChI=1S/C16H22O2/c1-4-6-7-12-18-16-14(9-5-2)10-8-11-15(16)13(3)17/h5,8,10-11H,2,4,6-7,9,12H2,1,3H3. The van der Waals surface area contributed by atoms with Gasteiger partial charge in [0.25, 0.3) is 0 Å². The Hall–Kier alpha value is -1.57. The fourth-order valence-electron chi connectivity index (χ4n) is 1.88. The maximum absolute atomic E-state index is 11.6. The van der Waals surface area contributed by atoms with Gasteiger partial charge >= 0.3 is 0 Å². The third-order valence-electron chi connectivity index (χ3n) is 2.83. The van der Waals surface area contributed by atoms with Crippen LogP contribution in [-0.2, 0) is 6.42 Å². The molecule has 0 unspecified atom stereocenters. The number of Topliss-reactive ketones (excluding diaryl/α,β-unsaturated/α-hetero) is 1. The van der Waals surface area contributed by atoms with E-state index in [2.05, 4.69) is 13.5 Å². The van der Waals surface area contributed by atoms with E-state index < -0.39 is 0 Å². The number of carbonyl (C=O) groups is 1. The van der Waals surface area contributed by atoms with Gasteiger partial charge in [-0.2, -0.15) is 0 Å². The van der Waals surface area contributed by atoms with Crippen LogP contribution in [0.1, 0.15) is 49.0 Å². The molecule has 1 rings (SSSR count). The van der Waals surface area contributed by atoms with E-state index in [-0.39, 0.29) is 5.78 Å². The minimum absolute atomic E-state index is 0.0476. The monoisotopic (exact) mass is 246 g/mol. The van der Waals surface area contributed by atoms with Crippen LogP contribution in [0.2, 0.25) is 0 Å². The predicted octanol–water partition coefficient (Wildman–Crippen LogP) is 4.19. The molecule has 0 fully saturated rings. The van der Waals surface area contributed by atoms with Crippen molar-refractivity contribution >= 4 is 5.78 Å². The van der Waals surface area contributed by atoms with Gasteiger partial charge in [0.05, 0.1) is 12.2 Å². The smallest absolute Gasteiger partial charge is 0.163 e. The lowest BCUT2D eigenvalue weighted by atomic mass is 10.0. The van der Waals surface area contributed by atoms with Crippen molar-refractivity contribution in [2.75, 3.05) is 6.61 Å². The molecule has 2 heteroatoms. The quantitative estimate of drug-likeness (QED) is 0.390. The number of hydrogen-bond donors (Lipinski definition) is 0. The number of ketones is 1. The zero-order valence-corrected chi connectivity index (χ0v) is 11.4. The summed E-state index contributed by atoms with van der Waals surface area (Å²) < 4.78 is 5.82. The van der Waals surface area contributed by atoms with Crippen molar-refractivity contribution in [1.29, 1.82) is 0 Å². The van der Waals surface area contributed by atoms with Gasteiger partial charge < -0.3 is 4.74 Å². The highest BCUT2D eigenvalue weighted by atomic mass is 16.5. The lowest BCUT2D eigenvalue weighted by molar-refractivity contribution is 0.101. The predicted molar refractivity (Wildman–Crippen MR) is 75.4 cm³/mol. The number of hydrogen-bond acceptors (Lipinski definition) is 2. The van der Waals surface area contributed by atoms with Gasteiger partial charge in [-0.25, -0.2) is 0 Å². The van der Waals surface area contributed by atoms with Crippen LogP contribution >= 0.6 is 0 Å². The zero-order valence-electron chi connectivity index (χ0n) is 11.4. The van der Waals surface area contributed by atoms with Crippen LogP contribution < -0.4 is 4.74 Å². The van der Waals surface area contributed by atoms with Crippen molar-refractivity contribution in [3.8, 4) is 5.75 Å². The molecule has 98 valence electrons. The number of ether oxygens (including phenoxy) is 1. The Balaban J connectivity index is 2.88. The summed E-state index contributed by atoms with van der Waals surface area (Å²) in [6, 6.07) is 5.71. The Bertz CT molecular complexity index is 408. The zero-order chi connectivity index (χ0) is 13.4. The minimum atomic E-state index is 0.0476. The second-order valence-electron chi connectivity index (χ2n) is 4.40. The molecule has 0 aromatic heterocycles. The van der Waals surface area contributed by atoms with Crippen molar-refractivity contribution in [3.63, 3.8) is 0 Å². The lowest BCUT2D eigenvalue weighted by Gasteiger charge is -2.13. The molecular formula is C16H22O2. The fraction of sp³-hybridized carbons (Fsp3) is 0.438. The molecule has 0 aliphatic rings. The van der Waals surface area contributed by atoms with E-state index in [1.54, 1.807) is 6.92 Å². The van der Waals surface area contributed by atoms with Crippen LogP contribution in [0.4, 0.5) is 0 Å². The first-order valence-corrected chi connectivity index (χ1v) is 6.57. The van der Waals surface area contributed by atoms with E-state index in [9.17, 15) is 4.79 Å². The topological polar surface area (TPSA) is 26.3 Å². The van der Waals surface area contributed by atoms with Crippen LogP contribution in [0.5, 0.6) is 5.75 Å². The molecule has 0 aliphatic heterocycles. The van der Waals surface area contributed by atoms with Crippen LogP contribution in [-0.4, -0.2) is 12.4 Å². The van der Waals surface area contributed by atoms with Gasteiger partial charge in [-0.15, -0.1) is 6.58 Å². The van der Waals surface area contributed by atoms with Crippen LogP contribution in [0.15, 0.2) is 30.9 Å². The first-order chi connectivity index (χ1) is 8.70. The van der Waals surface area contributed by atoms with Crippen LogP contribution in [0.3, 0.4) is 0 Å². The fourth-order valence-corrected chi connectivity index (χ4v) is 1.88. The van der Waals surface area contributed by atoms with Crippen molar-refractivity contribution in [1.82, 2.24) is 0 Å². The second-order valence-corrected chi connectivity index (χ2v) is 4.40. The summed E-state index contributed by atoms with van der Waals surface area (Å²) in [4.78, 5) is 11.6. The number of carbonyl (C=O) groups excluding carboxylic acids is 1. The molecule has 2 nitrogen and oxygen atoms in total. The van der Waals surface area contributed by atoms with Gasteiger partial charge in [-0.05, 0) is 31.4 Å². The summed E-state index contributed by atoms with van der Waals surface area (Å²) in [6.07, 6.45) is 5.90. The Labute approximate surface area is 110 Å². The average molecular weight is 246 g/mol. The number of unbranched alkanes of at least 4 members (excludes halogenated alkanes) is 2. The molecule has 18 heavy (non-hydrogen) atoms. The Morgan fingerprint density at radius 3 is 2.78 bits per heavy atom. The number of rotatable bonds is 8. The average Bonchev–Trinajstić information content (AvgIpc) is 2.36. The number of benzene rings is 1. The highest BCUT2D eigenvalue weighted by Crippen LogP contribution is 2.25. The SMILES string of the molecule is C=CCc1cccc(C(C)=O)c1OCCCCC. The van der Waals surface area contributed by atoms with Gasteiger partial charge in [0.1, 0.15) is 5.75 Å². The summed E-state index contributed by atoms with van der Waals surface area (Å²) in [5, 5.41) is 0. The van der Waals surface area contributed by atoms with Crippen molar-refractivity contribution < 1.29 is 9.53 Å². The molecule has 0 saturated heterocycles. The van der Waals surface area contributed by atoms with Gasteiger partial charge in [0, 0.05) is 0 Å². The van der Waals surface area contributed by atoms with E-state index in [0.29, 0.717) is 12.2 Å². The van der Waals surface area contributed by atoms with E-state index in [4.69, 9.17) is 4.74 Å². The molecule has 0 N–H and O–H groups in total. The van der Waals surface area contributed by atoms with E-state index >= 15 is 0 Å². The molecule has 0 heterocycles. The Morgan fingerprint density at radius 1 is 1.39 bits per heavy atom. The summed E-state index contributed by atoms with van der Waals surface area (Å²) in [5.74, 6) is 0.785. The second kappa shape index (κ2) is 7.70. The molecule has 0 atom stereocenters. The largest absolute Gasteiger partial charge is 0.493 e. The maximum Gasteiger partial charge on any atom is 0.163 e. The third-order valence-corrected chi connectivity index (χ3v) is 2.83.